The molecule has 112 valence electrons. The zero-order chi connectivity index (χ0) is 15.0. The maximum Gasteiger partial charge on any atom is 0.237 e. The van der Waals surface area contributed by atoms with Crippen molar-refractivity contribution in [2.75, 3.05) is 0 Å². The van der Waals surface area contributed by atoms with Gasteiger partial charge in [-0.2, -0.15) is 0 Å². The predicted octanol–water partition coefficient (Wildman–Crippen LogP) is 3.42. The zero-order valence-corrected chi connectivity index (χ0v) is 13.1. The van der Waals surface area contributed by atoms with E-state index in [-0.39, 0.29) is 24.0 Å². The zero-order valence-electron chi connectivity index (χ0n) is 13.1. The molecule has 0 radical (unpaired) electrons. The van der Waals surface area contributed by atoms with Gasteiger partial charge in [0.1, 0.15) is 0 Å². The molecule has 3 nitrogen and oxygen atoms in total. The number of unbranched alkanes of at least 4 members (excludes halogenated alkanes) is 1. The Balaban J connectivity index is 2.67. The lowest BCUT2D eigenvalue weighted by molar-refractivity contribution is -0.123. The lowest BCUT2D eigenvalue weighted by Gasteiger charge is -2.24. The van der Waals surface area contributed by atoms with Crippen LogP contribution in [0.15, 0.2) is 30.3 Å². The van der Waals surface area contributed by atoms with E-state index < -0.39 is 0 Å². The van der Waals surface area contributed by atoms with E-state index >= 15 is 0 Å². The predicted molar refractivity (Wildman–Crippen MR) is 84.6 cm³/mol. The first kappa shape index (κ1) is 16.7. The summed E-state index contributed by atoms with van der Waals surface area (Å²) in [5, 5.41) is 6.42. The van der Waals surface area contributed by atoms with Crippen LogP contribution in [0.1, 0.15) is 58.6 Å². The number of hydrogen-bond acceptors (Lipinski definition) is 2. The van der Waals surface area contributed by atoms with Crippen LogP contribution in [0.5, 0.6) is 0 Å². The van der Waals surface area contributed by atoms with Crippen LogP contribution in [-0.2, 0) is 4.79 Å². The highest BCUT2D eigenvalue weighted by atomic mass is 16.2. The Morgan fingerprint density at radius 2 is 1.80 bits per heavy atom. The molecule has 0 spiro atoms. The smallest absolute Gasteiger partial charge is 0.237 e. The Labute approximate surface area is 123 Å². The van der Waals surface area contributed by atoms with Gasteiger partial charge in [-0.3, -0.25) is 10.1 Å². The Hall–Kier alpha value is -1.35. The number of amides is 1. The van der Waals surface area contributed by atoms with Crippen LogP contribution in [0.3, 0.4) is 0 Å². The minimum absolute atomic E-state index is 0.0671. The molecule has 1 rings (SSSR count). The molecule has 0 saturated carbocycles. The number of carbonyl (C=O) groups excluding carboxylic acids is 1. The van der Waals surface area contributed by atoms with Gasteiger partial charge in [0.05, 0.1) is 6.04 Å². The molecule has 3 heteroatoms. The number of benzene rings is 1. The number of hydrogen-bond donors (Lipinski definition) is 2. The van der Waals surface area contributed by atoms with Crippen LogP contribution in [-0.4, -0.2) is 18.0 Å². The van der Waals surface area contributed by atoms with Crippen molar-refractivity contribution >= 4 is 5.91 Å². The van der Waals surface area contributed by atoms with Gasteiger partial charge in [-0.1, -0.05) is 50.1 Å². The summed E-state index contributed by atoms with van der Waals surface area (Å²) in [6.45, 7) is 8.09. The SMILES string of the molecule is CCCCC(NC(C)C(=O)NC(C)C)c1ccccc1. The van der Waals surface area contributed by atoms with E-state index in [1.807, 2.05) is 26.8 Å². The molecule has 2 N–H and O–H groups in total. The van der Waals surface area contributed by atoms with Gasteiger partial charge >= 0.3 is 0 Å². The molecule has 20 heavy (non-hydrogen) atoms. The first-order valence-corrected chi connectivity index (χ1v) is 7.66. The Morgan fingerprint density at radius 3 is 2.35 bits per heavy atom. The van der Waals surface area contributed by atoms with Crippen molar-refractivity contribution in [2.45, 2.75) is 65.1 Å². The molecule has 0 aromatic heterocycles. The fourth-order valence-electron chi connectivity index (χ4n) is 2.23. The van der Waals surface area contributed by atoms with Crippen LogP contribution >= 0.6 is 0 Å². The summed E-state index contributed by atoms with van der Waals surface area (Å²) in [4.78, 5) is 12.0. The third kappa shape index (κ3) is 5.74. The molecule has 0 bridgehead atoms. The molecule has 2 atom stereocenters. The topological polar surface area (TPSA) is 41.1 Å². The summed E-state index contributed by atoms with van der Waals surface area (Å²) in [7, 11) is 0. The van der Waals surface area contributed by atoms with Gasteiger partial charge in [-0.25, -0.2) is 0 Å². The minimum atomic E-state index is -0.181. The summed E-state index contributed by atoms with van der Waals surface area (Å²) in [5.41, 5.74) is 1.25. The highest BCUT2D eigenvalue weighted by Gasteiger charge is 2.19. The third-order valence-corrected chi connectivity index (χ3v) is 3.32. The van der Waals surface area contributed by atoms with Crippen LogP contribution in [0.25, 0.3) is 0 Å². The number of rotatable bonds is 8. The van der Waals surface area contributed by atoms with Gasteiger partial charge in [0.2, 0.25) is 5.91 Å². The van der Waals surface area contributed by atoms with Crippen molar-refractivity contribution in [1.82, 2.24) is 10.6 Å². The van der Waals surface area contributed by atoms with E-state index in [0.29, 0.717) is 0 Å². The monoisotopic (exact) mass is 276 g/mol. The summed E-state index contributed by atoms with van der Waals surface area (Å²) >= 11 is 0. The summed E-state index contributed by atoms with van der Waals surface area (Å²) < 4.78 is 0. The molecule has 0 fully saturated rings. The van der Waals surface area contributed by atoms with Crippen LogP contribution in [0, 0.1) is 0 Å². The summed E-state index contributed by atoms with van der Waals surface area (Å²) in [6.07, 6.45) is 3.38. The standard InChI is InChI=1S/C17H28N2O/c1-5-6-12-16(15-10-8-7-9-11-15)19-14(4)17(20)18-13(2)3/h7-11,13-14,16,19H,5-6,12H2,1-4H3,(H,18,20). The van der Waals surface area contributed by atoms with Gasteiger partial charge in [0.15, 0.2) is 0 Å². The van der Waals surface area contributed by atoms with Crippen LogP contribution in [0.2, 0.25) is 0 Å². The van der Waals surface area contributed by atoms with Crippen molar-refractivity contribution in [3.8, 4) is 0 Å². The van der Waals surface area contributed by atoms with E-state index in [1.165, 1.54) is 5.56 Å². The van der Waals surface area contributed by atoms with Crippen molar-refractivity contribution < 1.29 is 4.79 Å². The minimum Gasteiger partial charge on any atom is -0.353 e. The lowest BCUT2D eigenvalue weighted by atomic mass is 10.00. The second-order valence-corrected chi connectivity index (χ2v) is 5.66. The molecule has 1 aromatic carbocycles. The third-order valence-electron chi connectivity index (χ3n) is 3.32. The Bertz CT molecular complexity index is 389. The molecule has 0 saturated heterocycles. The van der Waals surface area contributed by atoms with Crippen molar-refractivity contribution in [3.05, 3.63) is 35.9 Å². The summed E-state index contributed by atoms with van der Waals surface area (Å²) in [6, 6.07) is 10.6. The fraction of sp³-hybridized carbons (Fsp3) is 0.588. The fourth-order valence-corrected chi connectivity index (χ4v) is 2.23. The Kier molecular flexibility index (Phi) is 7.31. The Morgan fingerprint density at radius 1 is 1.15 bits per heavy atom. The molecule has 0 aliphatic rings. The van der Waals surface area contributed by atoms with Crippen LogP contribution < -0.4 is 10.6 Å². The van der Waals surface area contributed by atoms with Gasteiger partial charge in [0, 0.05) is 12.1 Å². The van der Waals surface area contributed by atoms with Crippen molar-refractivity contribution in [1.29, 1.82) is 0 Å². The highest BCUT2D eigenvalue weighted by molar-refractivity contribution is 5.81. The normalized spacial score (nSPS) is 14.1. The molecule has 0 aliphatic carbocycles. The average molecular weight is 276 g/mol. The average Bonchev–Trinajstić information content (AvgIpc) is 2.43. The number of carbonyl (C=O) groups is 1. The van der Waals surface area contributed by atoms with Crippen molar-refractivity contribution in [3.63, 3.8) is 0 Å². The molecule has 1 amide bonds. The lowest BCUT2D eigenvalue weighted by Crippen LogP contribution is -2.45. The first-order valence-electron chi connectivity index (χ1n) is 7.66. The van der Waals surface area contributed by atoms with E-state index in [0.717, 1.165) is 19.3 Å². The van der Waals surface area contributed by atoms with E-state index in [1.54, 1.807) is 0 Å². The second kappa shape index (κ2) is 8.75. The van der Waals surface area contributed by atoms with Gasteiger partial charge in [0.25, 0.3) is 0 Å². The maximum absolute atomic E-state index is 12.0. The van der Waals surface area contributed by atoms with Gasteiger partial charge in [-0.15, -0.1) is 0 Å². The summed E-state index contributed by atoms with van der Waals surface area (Å²) in [5.74, 6) is 0.0671. The molecular formula is C17H28N2O. The molecule has 2 unspecified atom stereocenters. The van der Waals surface area contributed by atoms with E-state index in [9.17, 15) is 4.79 Å². The largest absolute Gasteiger partial charge is 0.353 e. The van der Waals surface area contributed by atoms with Gasteiger partial charge < -0.3 is 5.32 Å². The van der Waals surface area contributed by atoms with Crippen molar-refractivity contribution in [2.24, 2.45) is 0 Å². The molecule has 1 aromatic rings. The quantitative estimate of drug-likeness (QED) is 0.764. The highest BCUT2D eigenvalue weighted by Crippen LogP contribution is 2.19. The van der Waals surface area contributed by atoms with Gasteiger partial charge in [-0.05, 0) is 32.8 Å². The first-order chi connectivity index (χ1) is 9.54. The van der Waals surface area contributed by atoms with E-state index in [2.05, 4.69) is 41.8 Å². The second-order valence-electron chi connectivity index (χ2n) is 5.66. The maximum atomic E-state index is 12.0. The number of nitrogens with one attached hydrogen (secondary N) is 2. The molecule has 0 aliphatic heterocycles. The molecule has 0 heterocycles. The molecular weight excluding hydrogens is 248 g/mol. The van der Waals surface area contributed by atoms with E-state index in [4.69, 9.17) is 0 Å². The van der Waals surface area contributed by atoms with Crippen LogP contribution in [0.4, 0.5) is 0 Å².